The lowest BCUT2D eigenvalue weighted by Crippen LogP contribution is -2.19. The maximum atomic E-state index is 12.0. The Balaban J connectivity index is 1.94. The summed E-state index contributed by atoms with van der Waals surface area (Å²) in [4.78, 5) is 22.1. The number of nitrogens with zero attached hydrogens (tertiary/aromatic N) is 1. The van der Waals surface area contributed by atoms with Crippen LogP contribution in [0.1, 0.15) is 55.3 Å². The highest BCUT2D eigenvalue weighted by Crippen LogP contribution is 2.21. The minimum Gasteiger partial charge on any atom is -0.459 e. The summed E-state index contributed by atoms with van der Waals surface area (Å²) in [6.45, 7) is 0. The number of esters is 1. The summed E-state index contributed by atoms with van der Waals surface area (Å²) in [6.07, 6.45) is 7.67. The SMILES string of the molecule is O=C(OC1CCCCCCC1)c1ccc([N+](=O)[O-])cc1. The Morgan fingerprint density at radius 2 is 1.60 bits per heavy atom. The monoisotopic (exact) mass is 277 g/mol. The van der Waals surface area contributed by atoms with E-state index in [1.165, 1.54) is 43.5 Å². The number of carbonyl (C=O) groups is 1. The quantitative estimate of drug-likeness (QED) is 0.478. The first-order valence-corrected chi connectivity index (χ1v) is 7.12. The van der Waals surface area contributed by atoms with Gasteiger partial charge in [0.1, 0.15) is 6.10 Å². The summed E-state index contributed by atoms with van der Waals surface area (Å²) in [5.74, 6) is -0.384. The number of hydrogen-bond donors (Lipinski definition) is 0. The van der Waals surface area contributed by atoms with Crippen molar-refractivity contribution in [1.82, 2.24) is 0 Å². The summed E-state index contributed by atoms with van der Waals surface area (Å²) in [5, 5.41) is 10.6. The van der Waals surface area contributed by atoms with Crippen molar-refractivity contribution >= 4 is 11.7 Å². The molecule has 1 aromatic rings. The fourth-order valence-corrected chi connectivity index (χ4v) is 2.48. The number of nitro benzene ring substituents is 1. The molecule has 0 radical (unpaired) electrons. The van der Waals surface area contributed by atoms with E-state index in [-0.39, 0.29) is 17.8 Å². The molecule has 1 aromatic carbocycles. The van der Waals surface area contributed by atoms with Crippen molar-refractivity contribution in [3.05, 3.63) is 39.9 Å². The summed E-state index contributed by atoms with van der Waals surface area (Å²) in [6, 6.07) is 5.55. The Labute approximate surface area is 118 Å². The summed E-state index contributed by atoms with van der Waals surface area (Å²) in [5.41, 5.74) is 0.352. The average Bonchev–Trinajstić information content (AvgIpc) is 2.41. The highest BCUT2D eigenvalue weighted by Gasteiger charge is 2.17. The summed E-state index contributed by atoms with van der Waals surface area (Å²) >= 11 is 0. The molecule has 0 N–H and O–H groups in total. The molecule has 108 valence electrons. The predicted octanol–water partition coefficient (Wildman–Crippen LogP) is 3.86. The van der Waals surface area contributed by atoms with Crippen molar-refractivity contribution in [3.8, 4) is 0 Å². The van der Waals surface area contributed by atoms with E-state index in [1.807, 2.05) is 0 Å². The van der Waals surface area contributed by atoms with Crippen LogP contribution in [-0.4, -0.2) is 17.0 Å². The molecule has 0 unspecified atom stereocenters. The highest BCUT2D eigenvalue weighted by molar-refractivity contribution is 5.89. The van der Waals surface area contributed by atoms with E-state index in [0.29, 0.717) is 5.56 Å². The molecule has 1 saturated carbocycles. The van der Waals surface area contributed by atoms with E-state index >= 15 is 0 Å². The molecule has 5 heteroatoms. The highest BCUT2D eigenvalue weighted by atomic mass is 16.6. The molecule has 0 saturated heterocycles. The van der Waals surface area contributed by atoms with Gasteiger partial charge in [0, 0.05) is 12.1 Å². The van der Waals surface area contributed by atoms with Gasteiger partial charge >= 0.3 is 5.97 Å². The number of ether oxygens (including phenoxy) is 1. The molecule has 0 aromatic heterocycles. The number of benzene rings is 1. The van der Waals surface area contributed by atoms with Crippen molar-refractivity contribution in [2.75, 3.05) is 0 Å². The Morgan fingerprint density at radius 3 is 2.15 bits per heavy atom. The van der Waals surface area contributed by atoms with Crippen LogP contribution in [0.15, 0.2) is 24.3 Å². The van der Waals surface area contributed by atoms with Gasteiger partial charge in [-0.2, -0.15) is 0 Å². The van der Waals surface area contributed by atoms with Crippen LogP contribution in [0.25, 0.3) is 0 Å². The van der Waals surface area contributed by atoms with E-state index in [1.54, 1.807) is 0 Å². The van der Waals surface area contributed by atoms with Crippen LogP contribution in [0.2, 0.25) is 0 Å². The van der Waals surface area contributed by atoms with Crippen molar-refractivity contribution in [3.63, 3.8) is 0 Å². The van der Waals surface area contributed by atoms with Gasteiger partial charge in [-0.05, 0) is 37.8 Å². The van der Waals surface area contributed by atoms with Crippen LogP contribution in [0, 0.1) is 10.1 Å². The van der Waals surface area contributed by atoms with Gasteiger partial charge in [-0.1, -0.05) is 19.3 Å². The smallest absolute Gasteiger partial charge is 0.338 e. The Kier molecular flexibility index (Phi) is 5.09. The van der Waals surface area contributed by atoms with Gasteiger partial charge < -0.3 is 4.74 Å². The lowest BCUT2D eigenvalue weighted by atomic mass is 9.98. The molecule has 0 aliphatic heterocycles. The van der Waals surface area contributed by atoms with Gasteiger partial charge in [-0.3, -0.25) is 10.1 Å². The van der Waals surface area contributed by atoms with E-state index in [2.05, 4.69) is 0 Å². The van der Waals surface area contributed by atoms with Crippen LogP contribution in [0.5, 0.6) is 0 Å². The first-order valence-electron chi connectivity index (χ1n) is 7.12. The minimum absolute atomic E-state index is 0.0157. The Bertz CT molecular complexity index is 461. The zero-order chi connectivity index (χ0) is 14.4. The second kappa shape index (κ2) is 7.03. The Hall–Kier alpha value is -1.91. The van der Waals surface area contributed by atoms with Gasteiger partial charge in [0.25, 0.3) is 5.69 Å². The fourth-order valence-electron chi connectivity index (χ4n) is 2.48. The van der Waals surface area contributed by atoms with Crippen molar-refractivity contribution in [1.29, 1.82) is 0 Å². The van der Waals surface area contributed by atoms with Gasteiger partial charge in [0.05, 0.1) is 10.5 Å². The molecule has 0 bridgehead atoms. The average molecular weight is 277 g/mol. The van der Waals surface area contributed by atoms with Gasteiger partial charge in [-0.25, -0.2) is 4.79 Å². The van der Waals surface area contributed by atoms with Crippen LogP contribution in [-0.2, 0) is 4.74 Å². The van der Waals surface area contributed by atoms with Crippen molar-refractivity contribution in [2.45, 2.75) is 51.0 Å². The molecular weight excluding hydrogens is 258 g/mol. The standard InChI is InChI=1S/C15H19NO4/c17-15(12-8-10-13(11-9-12)16(18)19)20-14-6-4-2-1-3-5-7-14/h8-11,14H,1-7H2. The zero-order valence-corrected chi connectivity index (χ0v) is 11.4. The lowest BCUT2D eigenvalue weighted by Gasteiger charge is -2.20. The molecular formula is C15H19NO4. The maximum absolute atomic E-state index is 12.0. The normalized spacial score (nSPS) is 17.0. The zero-order valence-electron chi connectivity index (χ0n) is 11.4. The molecule has 20 heavy (non-hydrogen) atoms. The van der Waals surface area contributed by atoms with Crippen molar-refractivity contribution in [2.24, 2.45) is 0 Å². The topological polar surface area (TPSA) is 69.4 Å². The molecule has 2 rings (SSSR count). The van der Waals surface area contributed by atoms with E-state index < -0.39 is 4.92 Å². The molecule has 0 spiro atoms. The maximum Gasteiger partial charge on any atom is 0.338 e. The summed E-state index contributed by atoms with van der Waals surface area (Å²) < 4.78 is 5.50. The lowest BCUT2D eigenvalue weighted by molar-refractivity contribution is -0.384. The number of rotatable bonds is 3. The molecule has 0 amide bonds. The molecule has 0 atom stereocenters. The van der Waals surface area contributed by atoms with Gasteiger partial charge in [-0.15, -0.1) is 0 Å². The number of nitro groups is 1. The Morgan fingerprint density at radius 1 is 1.05 bits per heavy atom. The van der Waals surface area contributed by atoms with Crippen LogP contribution < -0.4 is 0 Å². The van der Waals surface area contributed by atoms with Crippen LogP contribution in [0.3, 0.4) is 0 Å². The molecule has 5 nitrogen and oxygen atoms in total. The van der Waals surface area contributed by atoms with Crippen LogP contribution in [0.4, 0.5) is 5.69 Å². The molecule has 0 heterocycles. The molecule has 1 aliphatic rings. The third kappa shape index (κ3) is 4.05. The second-order valence-electron chi connectivity index (χ2n) is 5.18. The molecule has 1 fully saturated rings. The first-order chi connectivity index (χ1) is 9.66. The number of hydrogen-bond acceptors (Lipinski definition) is 4. The number of carbonyl (C=O) groups excluding carboxylic acids is 1. The van der Waals surface area contributed by atoms with Gasteiger partial charge in [0.2, 0.25) is 0 Å². The van der Waals surface area contributed by atoms with Gasteiger partial charge in [0.15, 0.2) is 0 Å². The minimum atomic E-state index is -0.482. The number of non-ortho nitro benzene ring substituents is 1. The predicted molar refractivity (Wildman–Crippen MR) is 74.6 cm³/mol. The fraction of sp³-hybridized carbons (Fsp3) is 0.533. The summed E-state index contributed by atoms with van der Waals surface area (Å²) in [7, 11) is 0. The first kappa shape index (κ1) is 14.5. The van der Waals surface area contributed by atoms with E-state index in [9.17, 15) is 14.9 Å². The largest absolute Gasteiger partial charge is 0.459 e. The van der Waals surface area contributed by atoms with Crippen molar-refractivity contribution < 1.29 is 14.5 Å². The van der Waals surface area contributed by atoms with E-state index in [0.717, 1.165) is 25.7 Å². The second-order valence-corrected chi connectivity index (χ2v) is 5.18. The molecule has 1 aliphatic carbocycles. The third-order valence-electron chi connectivity index (χ3n) is 3.64. The third-order valence-corrected chi connectivity index (χ3v) is 3.64. The van der Waals surface area contributed by atoms with E-state index in [4.69, 9.17) is 4.74 Å². The van der Waals surface area contributed by atoms with Crippen LogP contribution >= 0.6 is 0 Å².